The molecule has 0 amide bonds. The van der Waals surface area contributed by atoms with Crippen LogP contribution in [-0.4, -0.2) is 30.0 Å². The fourth-order valence-corrected chi connectivity index (χ4v) is 5.80. The first-order chi connectivity index (χ1) is 17.4. The van der Waals surface area contributed by atoms with E-state index in [-0.39, 0.29) is 5.54 Å². The third-order valence-electron chi connectivity index (χ3n) is 5.23. The van der Waals surface area contributed by atoms with E-state index in [2.05, 4.69) is 38.2 Å². The maximum absolute atomic E-state index is 12.7. The molecule has 0 spiro atoms. The van der Waals surface area contributed by atoms with Gasteiger partial charge in [0.1, 0.15) is 17.2 Å². The number of aromatic nitrogens is 4. The van der Waals surface area contributed by atoms with Crippen LogP contribution < -0.4 is 10.0 Å². The van der Waals surface area contributed by atoms with Crippen molar-refractivity contribution in [1.82, 2.24) is 24.7 Å². The standard InChI is InChI=1S/C27H26N6OS2/c1-27(2,3)33-36(34)26-30-17-22(35-26)24-31-21-14-9-13-20(18-10-5-4-6-11-18)23(21)25(32-24)29-16-19-12-7-8-15-28-19/h4-15,17,33H,16H2,1-3H3,(H,29,31,32). The number of rotatable bonds is 7. The molecule has 0 saturated carbocycles. The highest BCUT2D eigenvalue weighted by Crippen LogP contribution is 2.35. The van der Waals surface area contributed by atoms with Crippen molar-refractivity contribution in [2.45, 2.75) is 37.2 Å². The lowest BCUT2D eigenvalue weighted by Crippen LogP contribution is -2.40. The molecule has 5 rings (SSSR count). The zero-order valence-corrected chi connectivity index (χ0v) is 21.9. The second kappa shape index (κ2) is 10.3. The zero-order chi connectivity index (χ0) is 25.1. The van der Waals surface area contributed by atoms with Crippen LogP contribution in [0.5, 0.6) is 0 Å². The Morgan fingerprint density at radius 3 is 2.47 bits per heavy atom. The van der Waals surface area contributed by atoms with Crippen molar-refractivity contribution in [2.24, 2.45) is 0 Å². The molecule has 3 heterocycles. The second-order valence-electron chi connectivity index (χ2n) is 9.25. The number of thiazole rings is 1. The van der Waals surface area contributed by atoms with Gasteiger partial charge in [-0.25, -0.2) is 9.97 Å². The smallest absolute Gasteiger partial charge is 0.323 e. The van der Waals surface area contributed by atoms with Gasteiger partial charge in [0.05, 0.1) is 39.8 Å². The van der Waals surface area contributed by atoms with Crippen molar-refractivity contribution < 1.29 is 4.55 Å². The summed E-state index contributed by atoms with van der Waals surface area (Å²) in [6.07, 6.45) is 3.47. The Labute approximate surface area is 217 Å². The minimum atomic E-state index is -1.42. The molecule has 182 valence electrons. The molecule has 3 aromatic heterocycles. The third kappa shape index (κ3) is 5.55. The van der Waals surface area contributed by atoms with Gasteiger partial charge in [-0.05, 0) is 50.1 Å². The predicted octanol–water partition coefficient (Wildman–Crippen LogP) is 5.84. The molecule has 2 N–H and O–H groups in total. The maximum Gasteiger partial charge on any atom is 0.323 e. The number of hydrogen-bond donors (Lipinski definition) is 2. The highest BCUT2D eigenvalue weighted by atomic mass is 32.2. The van der Waals surface area contributed by atoms with Crippen LogP contribution in [0.15, 0.2) is 83.5 Å². The summed E-state index contributed by atoms with van der Waals surface area (Å²) in [4.78, 5) is 19.4. The highest BCUT2D eigenvalue weighted by Gasteiger charge is 2.25. The van der Waals surface area contributed by atoms with Gasteiger partial charge in [-0.2, -0.15) is 4.98 Å². The van der Waals surface area contributed by atoms with E-state index in [0.29, 0.717) is 22.5 Å². The van der Waals surface area contributed by atoms with E-state index in [1.54, 1.807) is 12.4 Å². The van der Waals surface area contributed by atoms with Crippen molar-refractivity contribution in [2.75, 3.05) is 5.32 Å². The van der Waals surface area contributed by atoms with Crippen LogP contribution in [0.2, 0.25) is 0 Å². The molecule has 0 aliphatic rings. The normalized spacial score (nSPS) is 12.6. The largest absolute Gasteiger partial charge is 0.591 e. The first-order valence-electron chi connectivity index (χ1n) is 11.5. The Morgan fingerprint density at radius 1 is 0.917 bits per heavy atom. The number of nitrogens with one attached hydrogen (secondary N) is 2. The Balaban J connectivity index is 1.58. The Bertz CT molecular complexity index is 1470. The molecule has 2 aromatic carbocycles. The number of anilines is 1. The molecular formula is C27H26N6OS2. The first kappa shape index (κ1) is 24.3. The molecule has 36 heavy (non-hydrogen) atoms. The molecule has 0 bridgehead atoms. The van der Waals surface area contributed by atoms with Crippen LogP contribution in [0.25, 0.3) is 32.7 Å². The van der Waals surface area contributed by atoms with Gasteiger partial charge in [-0.15, -0.1) is 4.72 Å². The maximum atomic E-state index is 12.7. The molecule has 1 atom stereocenters. The van der Waals surface area contributed by atoms with Crippen LogP contribution in [0.3, 0.4) is 0 Å². The van der Waals surface area contributed by atoms with Crippen LogP contribution in [-0.2, 0) is 17.9 Å². The summed E-state index contributed by atoms with van der Waals surface area (Å²) in [7, 11) is 0. The molecule has 0 saturated heterocycles. The van der Waals surface area contributed by atoms with Gasteiger partial charge in [-0.1, -0.05) is 59.9 Å². The van der Waals surface area contributed by atoms with Crippen molar-refractivity contribution in [1.29, 1.82) is 0 Å². The van der Waals surface area contributed by atoms with Gasteiger partial charge in [0, 0.05) is 6.20 Å². The molecule has 5 aromatic rings. The molecule has 0 fully saturated rings. The predicted molar refractivity (Wildman–Crippen MR) is 147 cm³/mol. The van der Waals surface area contributed by atoms with Crippen molar-refractivity contribution in [3.8, 4) is 21.8 Å². The van der Waals surface area contributed by atoms with E-state index in [1.807, 2.05) is 69.3 Å². The quantitative estimate of drug-likeness (QED) is 0.263. The SMILES string of the molecule is CC(C)(C)N[S+]([O-])c1ncc(-c2nc(NCc3ccccn3)c3c(-c4ccccc4)cccc3n2)s1. The molecular weight excluding hydrogens is 488 g/mol. The number of hydrogen-bond acceptors (Lipinski definition) is 8. The third-order valence-corrected chi connectivity index (χ3v) is 7.95. The summed E-state index contributed by atoms with van der Waals surface area (Å²) in [5.41, 5.74) is 3.56. The van der Waals surface area contributed by atoms with E-state index in [9.17, 15) is 4.55 Å². The number of fused-ring (bicyclic) bond motifs is 1. The zero-order valence-electron chi connectivity index (χ0n) is 20.2. The fourth-order valence-electron chi connectivity index (χ4n) is 3.73. The summed E-state index contributed by atoms with van der Waals surface area (Å²) in [5, 5.41) is 4.42. The number of pyridine rings is 1. The van der Waals surface area contributed by atoms with Crippen LogP contribution in [0, 0.1) is 0 Å². The topological polar surface area (TPSA) is 98.7 Å². The Hall–Kier alpha value is -3.37. The molecule has 7 nitrogen and oxygen atoms in total. The average molecular weight is 515 g/mol. The van der Waals surface area contributed by atoms with Gasteiger partial charge in [0.2, 0.25) is 0 Å². The summed E-state index contributed by atoms with van der Waals surface area (Å²) < 4.78 is 16.3. The van der Waals surface area contributed by atoms with Crippen LogP contribution in [0.4, 0.5) is 5.82 Å². The van der Waals surface area contributed by atoms with Crippen LogP contribution in [0.1, 0.15) is 26.5 Å². The van der Waals surface area contributed by atoms with E-state index in [0.717, 1.165) is 32.6 Å². The molecule has 0 aliphatic carbocycles. The van der Waals surface area contributed by atoms with Gasteiger partial charge >= 0.3 is 4.34 Å². The molecule has 0 radical (unpaired) electrons. The van der Waals surface area contributed by atoms with E-state index >= 15 is 0 Å². The van der Waals surface area contributed by atoms with E-state index in [1.165, 1.54) is 11.3 Å². The first-order valence-corrected chi connectivity index (χ1v) is 13.5. The molecule has 9 heteroatoms. The lowest BCUT2D eigenvalue weighted by Gasteiger charge is -2.19. The Kier molecular flexibility index (Phi) is 6.97. The van der Waals surface area contributed by atoms with Crippen molar-refractivity contribution in [3.63, 3.8) is 0 Å². The van der Waals surface area contributed by atoms with Gasteiger partial charge in [0.15, 0.2) is 5.82 Å². The number of benzene rings is 2. The van der Waals surface area contributed by atoms with E-state index in [4.69, 9.17) is 9.97 Å². The van der Waals surface area contributed by atoms with Gasteiger partial charge in [-0.3, -0.25) is 4.98 Å². The van der Waals surface area contributed by atoms with Crippen molar-refractivity contribution in [3.05, 3.63) is 84.8 Å². The minimum Gasteiger partial charge on any atom is -0.591 e. The second-order valence-corrected chi connectivity index (χ2v) is 11.7. The number of nitrogens with zero attached hydrogens (tertiary/aromatic N) is 4. The lowest BCUT2D eigenvalue weighted by molar-refractivity contribution is 0.490. The van der Waals surface area contributed by atoms with E-state index < -0.39 is 11.4 Å². The average Bonchev–Trinajstić information content (AvgIpc) is 3.38. The lowest BCUT2D eigenvalue weighted by atomic mass is 10.0. The molecule has 1 unspecified atom stereocenters. The van der Waals surface area contributed by atoms with Gasteiger partial charge < -0.3 is 9.87 Å². The summed E-state index contributed by atoms with van der Waals surface area (Å²) in [6, 6.07) is 22.1. The van der Waals surface area contributed by atoms with Crippen LogP contribution >= 0.6 is 11.3 Å². The Morgan fingerprint density at radius 2 is 1.72 bits per heavy atom. The highest BCUT2D eigenvalue weighted by molar-refractivity contribution is 7.91. The monoisotopic (exact) mass is 514 g/mol. The summed E-state index contributed by atoms with van der Waals surface area (Å²) in [6.45, 7) is 6.42. The summed E-state index contributed by atoms with van der Waals surface area (Å²) >= 11 is -0.0890. The minimum absolute atomic E-state index is 0.299. The summed E-state index contributed by atoms with van der Waals surface area (Å²) in [5.74, 6) is 1.25. The van der Waals surface area contributed by atoms with Gasteiger partial charge in [0.25, 0.3) is 0 Å². The molecule has 0 aliphatic heterocycles. The van der Waals surface area contributed by atoms with Crippen molar-refractivity contribution >= 4 is 39.4 Å². The fraction of sp³-hybridized carbons (Fsp3) is 0.185.